The molecule has 134 valence electrons. The van der Waals surface area contributed by atoms with E-state index >= 15 is 0 Å². The van der Waals surface area contributed by atoms with Crippen LogP contribution < -0.4 is 0 Å². The van der Waals surface area contributed by atoms with Gasteiger partial charge in [-0.05, 0) is 18.2 Å². The number of piperazine rings is 1. The first-order chi connectivity index (χ1) is 12.8. The first-order valence-electron chi connectivity index (χ1n) is 9.13. The van der Waals surface area contributed by atoms with E-state index in [0.29, 0.717) is 6.54 Å². The highest BCUT2D eigenvalue weighted by Gasteiger charge is 2.20. The van der Waals surface area contributed by atoms with Gasteiger partial charge in [-0.3, -0.25) is 14.7 Å². The number of benzene rings is 1. The molecule has 0 unspecified atom stereocenters. The topological polar surface area (TPSA) is 36.4 Å². The molecule has 0 saturated carbocycles. The van der Waals surface area contributed by atoms with Gasteiger partial charge in [0.25, 0.3) is 0 Å². The molecule has 1 aliphatic heterocycles. The van der Waals surface area contributed by atoms with Crippen molar-refractivity contribution in [1.82, 2.24) is 14.8 Å². The summed E-state index contributed by atoms with van der Waals surface area (Å²) in [5.74, 6) is 0.240. The fourth-order valence-corrected chi connectivity index (χ4v) is 4.44. The second-order valence-corrected chi connectivity index (χ2v) is 7.67. The highest BCUT2D eigenvalue weighted by molar-refractivity contribution is 7.17. The zero-order valence-electron chi connectivity index (χ0n) is 14.8. The number of hydrogen-bond acceptors (Lipinski definition) is 5. The van der Waals surface area contributed by atoms with E-state index < -0.39 is 0 Å². The second kappa shape index (κ2) is 8.08. The standard InChI is InChI=1S/C21H23N3OS/c25-20(19-16-26-21-7-2-1-6-18(19)21)15-24-13-11-23(12-14-24)10-8-17-5-3-4-9-22-17/h1-7,9,16H,8,10-15H2. The molecule has 0 aliphatic carbocycles. The lowest BCUT2D eigenvalue weighted by Crippen LogP contribution is -2.48. The molecule has 0 amide bonds. The average molecular weight is 366 g/mol. The number of thiophene rings is 1. The normalized spacial score (nSPS) is 16.2. The molecule has 1 fully saturated rings. The van der Waals surface area contributed by atoms with Crippen LogP contribution in [0.25, 0.3) is 10.1 Å². The summed E-state index contributed by atoms with van der Waals surface area (Å²) >= 11 is 1.66. The largest absolute Gasteiger partial charge is 0.300 e. The number of hydrogen-bond donors (Lipinski definition) is 0. The van der Waals surface area contributed by atoms with E-state index in [4.69, 9.17) is 0 Å². The maximum atomic E-state index is 12.7. The predicted octanol–water partition coefficient (Wildman–Crippen LogP) is 3.34. The Morgan fingerprint density at radius 2 is 1.77 bits per heavy atom. The number of pyridine rings is 1. The summed E-state index contributed by atoms with van der Waals surface area (Å²) in [6, 6.07) is 14.2. The van der Waals surface area contributed by atoms with E-state index in [1.54, 1.807) is 11.3 Å². The van der Waals surface area contributed by atoms with Gasteiger partial charge in [-0.1, -0.05) is 24.3 Å². The number of aromatic nitrogens is 1. The summed E-state index contributed by atoms with van der Waals surface area (Å²) in [6.07, 6.45) is 2.84. The molecule has 3 aromatic rings. The summed E-state index contributed by atoms with van der Waals surface area (Å²) in [6.45, 7) is 5.50. The zero-order chi connectivity index (χ0) is 17.8. The van der Waals surface area contributed by atoms with Crippen molar-refractivity contribution in [3.8, 4) is 0 Å². The summed E-state index contributed by atoms with van der Waals surface area (Å²) in [4.78, 5) is 21.9. The highest BCUT2D eigenvalue weighted by atomic mass is 32.1. The Labute approximate surface area is 158 Å². The van der Waals surface area contributed by atoms with E-state index in [-0.39, 0.29) is 5.78 Å². The second-order valence-electron chi connectivity index (χ2n) is 6.76. The van der Waals surface area contributed by atoms with E-state index in [2.05, 4.69) is 33.0 Å². The van der Waals surface area contributed by atoms with Crippen LogP contribution in [0.2, 0.25) is 0 Å². The summed E-state index contributed by atoms with van der Waals surface area (Å²) in [7, 11) is 0. The Bertz CT molecular complexity index is 869. The van der Waals surface area contributed by atoms with Crippen LogP contribution in [-0.4, -0.2) is 59.8 Å². The third-order valence-electron chi connectivity index (χ3n) is 5.02. The van der Waals surface area contributed by atoms with Crippen molar-refractivity contribution >= 4 is 27.2 Å². The molecule has 2 aromatic heterocycles. The summed E-state index contributed by atoms with van der Waals surface area (Å²) in [5, 5.41) is 3.10. The number of ketones is 1. The Morgan fingerprint density at radius 3 is 2.58 bits per heavy atom. The molecular formula is C21H23N3OS. The van der Waals surface area contributed by atoms with Crippen LogP contribution in [0.3, 0.4) is 0 Å². The lowest BCUT2D eigenvalue weighted by molar-refractivity contribution is 0.0856. The molecule has 5 heteroatoms. The van der Waals surface area contributed by atoms with Crippen LogP contribution in [-0.2, 0) is 6.42 Å². The molecule has 0 spiro atoms. The average Bonchev–Trinajstić information content (AvgIpc) is 3.12. The number of carbonyl (C=O) groups is 1. The molecular weight excluding hydrogens is 342 g/mol. The monoisotopic (exact) mass is 365 g/mol. The van der Waals surface area contributed by atoms with Crippen LogP contribution in [0, 0.1) is 0 Å². The summed E-state index contributed by atoms with van der Waals surface area (Å²) in [5.41, 5.74) is 2.03. The van der Waals surface area contributed by atoms with Crippen molar-refractivity contribution in [1.29, 1.82) is 0 Å². The van der Waals surface area contributed by atoms with Gasteiger partial charge in [0.1, 0.15) is 0 Å². The van der Waals surface area contributed by atoms with Gasteiger partial charge in [-0.2, -0.15) is 0 Å². The molecule has 1 aromatic carbocycles. The van der Waals surface area contributed by atoms with Gasteiger partial charge in [-0.25, -0.2) is 0 Å². The van der Waals surface area contributed by atoms with Gasteiger partial charge in [0, 0.05) is 72.1 Å². The molecule has 0 atom stereocenters. The third kappa shape index (κ3) is 4.01. The number of nitrogens with zero attached hydrogens (tertiary/aromatic N) is 3. The van der Waals surface area contributed by atoms with Crippen LogP contribution >= 0.6 is 11.3 Å². The quantitative estimate of drug-likeness (QED) is 0.628. The molecule has 3 heterocycles. The zero-order valence-corrected chi connectivity index (χ0v) is 15.6. The smallest absolute Gasteiger partial charge is 0.178 e. The van der Waals surface area contributed by atoms with Crippen molar-refractivity contribution in [2.45, 2.75) is 6.42 Å². The molecule has 26 heavy (non-hydrogen) atoms. The van der Waals surface area contributed by atoms with Crippen LogP contribution in [0.15, 0.2) is 54.0 Å². The number of fused-ring (bicyclic) bond motifs is 1. The van der Waals surface area contributed by atoms with Gasteiger partial charge >= 0.3 is 0 Å². The number of carbonyl (C=O) groups excluding carboxylic acids is 1. The van der Waals surface area contributed by atoms with E-state index in [1.165, 1.54) is 4.70 Å². The molecule has 4 nitrogen and oxygen atoms in total. The van der Waals surface area contributed by atoms with Gasteiger partial charge < -0.3 is 4.90 Å². The molecule has 4 rings (SSSR count). The third-order valence-corrected chi connectivity index (χ3v) is 5.99. The Morgan fingerprint density at radius 1 is 1.00 bits per heavy atom. The van der Waals surface area contributed by atoms with Gasteiger partial charge in [-0.15, -0.1) is 11.3 Å². The molecule has 1 saturated heterocycles. The lowest BCUT2D eigenvalue weighted by Gasteiger charge is -2.34. The predicted molar refractivity (Wildman–Crippen MR) is 107 cm³/mol. The van der Waals surface area contributed by atoms with Crippen molar-refractivity contribution in [2.75, 3.05) is 39.3 Å². The fraction of sp³-hybridized carbons (Fsp3) is 0.333. The number of rotatable bonds is 6. The van der Waals surface area contributed by atoms with Crippen LogP contribution in [0.5, 0.6) is 0 Å². The first kappa shape index (κ1) is 17.3. The Hall–Kier alpha value is -2.08. The first-order valence-corrected chi connectivity index (χ1v) is 10.0. The Balaban J connectivity index is 1.28. The van der Waals surface area contributed by atoms with Crippen LogP contribution in [0.1, 0.15) is 16.1 Å². The minimum Gasteiger partial charge on any atom is -0.300 e. The fourth-order valence-electron chi connectivity index (χ4n) is 3.47. The SMILES string of the molecule is O=C(CN1CCN(CCc2ccccn2)CC1)c1csc2ccccc12. The van der Waals surface area contributed by atoms with Gasteiger partial charge in [0.2, 0.25) is 0 Å². The summed E-state index contributed by atoms with van der Waals surface area (Å²) < 4.78 is 1.19. The van der Waals surface area contributed by atoms with Crippen LogP contribution in [0.4, 0.5) is 0 Å². The van der Waals surface area contributed by atoms with Crippen molar-refractivity contribution in [3.63, 3.8) is 0 Å². The van der Waals surface area contributed by atoms with Gasteiger partial charge in [0.15, 0.2) is 5.78 Å². The molecule has 0 N–H and O–H groups in total. The molecule has 0 bridgehead atoms. The van der Waals surface area contributed by atoms with Crippen molar-refractivity contribution in [2.24, 2.45) is 0 Å². The molecule has 1 aliphatic rings. The molecule has 0 radical (unpaired) electrons. The van der Waals surface area contributed by atoms with E-state index in [0.717, 1.165) is 55.8 Å². The number of Topliss-reactive ketones (excluding diaryl/α,β-unsaturated/α-hetero) is 1. The maximum Gasteiger partial charge on any atom is 0.178 e. The lowest BCUT2D eigenvalue weighted by atomic mass is 10.1. The van der Waals surface area contributed by atoms with E-state index in [9.17, 15) is 4.79 Å². The van der Waals surface area contributed by atoms with Gasteiger partial charge in [0.05, 0.1) is 6.54 Å². The minimum atomic E-state index is 0.240. The minimum absolute atomic E-state index is 0.240. The van der Waals surface area contributed by atoms with Crippen molar-refractivity contribution < 1.29 is 4.79 Å². The highest BCUT2D eigenvalue weighted by Crippen LogP contribution is 2.26. The maximum absolute atomic E-state index is 12.7. The Kier molecular flexibility index (Phi) is 5.39. The van der Waals surface area contributed by atoms with Crippen molar-refractivity contribution in [3.05, 3.63) is 65.3 Å². The van der Waals surface area contributed by atoms with E-state index in [1.807, 2.05) is 35.8 Å².